The molecular formula is C21H31NO2. The predicted molar refractivity (Wildman–Crippen MR) is 96.3 cm³/mol. The van der Waals surface area contributed by atoms with Gasteiger partial charge in [-0.05, 0) is 61.3 Å². The van der Waals surface area contributed by atoms with E-state index in [9.17, 15) is 0 Å². The highest BCUT2D eigenvalue weighted by Gasteiger charge is 2.43. The average molecular weight is 329 g/mol. The Morgan fingerprint density at radius 3 is 2.83 bits per heavy atom. The van der Waals surface area contributed by atoms with Crippen molar-refractivity contribution in [1.82, 2.24) is 0 Å². The SMILES string of the molecule is C[C@@]12CCCCCC(Cc3ccc(OC4CCCCO4)cc31)[C@@H]2N. The van der Waals surface area contributed by atoms with Crippen LogP contribution in [-0.4, -0.2) is 18.9 Å². The normalized spacial score (nSPS) is 36.3. The van der Waals surface area contributed by atoms with Crippen molar-refractivity contribution < 1.29 is 9.47 Å². The molecule has 24 heavy (non-hydrogen) atoms. The van der Waals surface area contributed by atoms with Gasteiger partial charge in [0.1, 0.15) is 5.75 Å². The van der Waals surface area contributed by atoms with E-state index >= 15 is 0 Å². The van der Waals surface area contributed by atoms with Crippen LogP contribution in [0.5, 0.6) is 5.75 Å². The van der Waals surface area contributed by atoms with Gasteiger partial charge in [-0.1, -0.05) is 32.3 Å². The highest BCUT2D eigenvalue weighted by Crippen LogP contribution is 2.46. The number of fused-ring (bicyclic) bond motifs is 4. The van der Waals surface area contributed by atoms with E-state index < -0.39 is 0 Å². The number of nitrogens with two attached hydrogens (primary N) is 1. The summed E-state index contributed by atoms with van der Waals surface area (Å²) in [6.07, 6.45) is 10.8. The maximum Gasteiger partial charge on any atom is 0.199 e. The fourth-order valence-corrected chi connectivity index (χ4v) is 5.06. The van der Waals surface area contributed by atoms with Crippen molar-refractivity contribution in [3.63, 3.8) is 0 Å². The summed E-state index contributed by atoms with van der Waals surface area (Å²) in [6, 6.07) is 6.96. The van der Waals surface area contributed by atoms with Crippen LogP contribution in [0.2, 0.25) is 0 Å². The second-order valence-electron chi connectivity index (χ2n) is 8.24. The predicted octanol–water partition coefficient (Wildman–Crippen LogP) is 4.31. The second-order valence-corrected chi connectivity index (χ2v) is 8.24. The Kier molecular flexibility index (Phi) is 4.57. The van der Waals surface area contributed by atoms with Crippen LogP contribution in [-0.2, 0) is 16.6 Å². The van der Waals surface area contributed by atoms with Crippen LogP contribution in [0.1, 0.15) is 69.4 Å². The summed E-state index contributed by atoms with van der Waals surface area (Å²) in [7, 11) is 0. The van der Waals surface area contributed by atoms with Crippen LogP contribution in [0.3, 0.4) is 0 Å². The van der Waals surface area contributed by atoms with E-state index in [0.29, 0.717) is 5.92 Å². The highest BCUT2D eigenvalue weighted by atomic mass is 16.7. The van der Waals surface area contributed by atoms with Crippen molar-refractivity contribution in [3.8, 4) is 5.75 Å². The minimum Gasteiger partial charge on any atom is -0.465 e. The molecule has 0 aromatic heterocycles. The Labute approximate surface area is 145 Å². The fourth-order valence-electron chi connectivity index (χ4n) is 5.06. The third kappa shape index (κ3) is 2.97. The molecule has 4 rings (SSSR count). The average Bonchev–Trinajstić information content (AvgIpc) is 2.60. The standard InChI is InChI=1S/C21H31NO2/c1-21-11-5-2-3-7-16(20(21)22)13-15-9-10-17(14-18(15)21)24-19-8-4-6-12-23-19/h9-10,14,16,19-20H,2-8,11-13,22H2,1H3/t16?,19?,20-,21+/m0/s1. The lowest BCUT2D eigenvalue weighted by Gasteiger charge is -2.47. The molecule has 2 aliphatic carbocycles. The quantitative estimate of drug-likeness (QED) is 0.879. The van der Waals surface area contributed by atoms with Crippen LogP contribution < -0.4 is 10.5 Å². The molecule has 2 N–H and O–H groups in total. The number of ether oxygens (including phenoxy) is 2. The van der Waals surface area contributed by atoms with E-state index in [1.54, 1.807) is 0 Å². The molecule has 3 nitrogen and oxygen atoms in total. The highest BCUT2D eigenvalue weighted by molar-refractivity contribution is 5.44. The molecule has 1 aliphatic heterocycles. The van der Waals surface area contributed by atoms with Gasteiger partial charge in [-0.2, -0.15) is 0 Å². The van der Waals surface area contributed by atoms with Crippen molar-refractivity contribution in [3.05, 3.63) is 29.3 Å². The second kappa shape index (κ2) is 6.68. The van der Waals surface area contributed by atoms with Crippen LogP contribution >= 0.6 is 0 Å². The van der Waals surface area contributed by atoms with Crippen molar-refractivity contribution in [1.29, 1.82) is 0 Å². The zero-order valence-corrected chi connectivity index (χ0v) is 14.9. The molecule has 0 radical (unpaired) electrons. The van der Waals surface area contributed by atoms with Gasteiger partial charge < -0.3 is 15.2 Å². The monoisotopic (exact) mass is 329 g/mol. The maximum atomic E-state index is 6.77. The molecule has 1 aromatic rings. The first-order chi connectivity index (χ1) is 11.7. The minimum absolute atomic E-state index is 0.0769. The van der Waals surface area contributed by atoms with Gasteiger partial charge in [0.2, 0.25) is 0 Å². The third-order valence-electron chi connectivity index (χ3n) is 6.60. The summed E-state index contributed by atoms with van der Waals surface area (Å²) in [5.41, 5.74) is 9.78. The number of benzene rings is 1. The molecular weight excluding hydrogens is 298 g/mol. The van der Waals surface area contributed by atoms with Crippen LogP contribution in [0.15, 0.2) is 18.2 Å². The molecule has 0 spiro atoms. The van der Waals surface area contributed by atoms with E-state index in [0.717, 1.165) is 31.6 Å². The Morgan fingerprint density at radius 2 is 2.00 bits per heavy atom. The molecule has 3 heteroatoms. The van der Waals surface area contributed by atoms with Gasteiger partial charge in [-0.25, -0.2) is 0 Å². The summed E-state index contributed by atoms with van der Waals surface area (Å²) in [5, 5.41) is 0. The summed E-state index contributed by atoms with van der Waals surface area (Å²) in [5.74, 6) is 1.59. The minimum atomic E-state index is -0.0769. The van der Waals surface area contributed by atoms with Crippen LogP contribution in [0.25, 0.3) is 0 Å². The first-order valence-electron chi connectivity index (χ1n) is 9.84. The van der Waals surface area contributed by atoms with Crippen molar-refractivity contribution >= 4 is 0 Å². The molecule has 1 saturated carbocycles. The van der Waals surface area contributed by atoms with E-state index in [1.807, 2.05) is 0 Å². The molecule has 1 heterocycles. The lowest BCUT2D eigenvalue weighted by molar-refractivity contribution is -0.106. The maximum absolute atomic E-state index is 6.77. The Balaban J connectivity index is 1.63. The molecule has 1 aromatic carbocycles. The summed E-state index contributed by atoms with van der Waals surface area (Å²) >= 11 is 0. The smallest absolute Gasteiger partial charge is 0.199 e. The van der Waals surface area contributed by atoms with Crippen molar-refractivity contribution in [2.75, 3.05) is 6.61 Å². The number of hydrogen-bond donors (Lipinski definition) is 1. The van der Waals surface area contributed by atoms with E-state index in [-0.39, 0.29) is 17.7 Å². The van der Waals surface area contributed by atoms with E-state index in [2.05, 4.69) is 25.1 Å². The fraction of sp³-hybridized carbons (Fsp3) is 0.714. The molecule has 3 aliphatic rings. The Hall–Kier alpha value is -1.06. The molecule has 2 bridgehead atoms. The molecule has 1 saturated heterocycles. The van der Waals surface area contributed by atoms with Gasteiger partial charge in [0.05, 0.1) is 6.61 Å². The molecule has 2 fully saturated rings. The lowest BCUT2D eigenvalue weighted by Crippen LogP contribution is -2.52. The lowest BCUT2D eigenvalue weighted by atomic mass is 9.60. The topological polar surface area (TPSA) is 44.5 Å². The van der Waals surface area contributed by atoms with Gasteiger partial charge in [0.25, 0.3) is 0 Å². The Morgan fingerprint density at radius 1 is 1.12 bits per heavy atom. The summed E-state index contributed by atoms with van der Waals surface area (Å²) in [6.45, 7) is 3.20. The van der Waals surface area contributed by atoms with Gasteiger partial charge >= 0.3 is 0 Å². The molecule has 2 unspecified atom stereocenters. The summed E-state index contributed by atoms with van der Waals surface area (Å²) < 4.78 is 11.9. The zero-order valence-electron chi connectivity index (χ0n) is 14.9. The largest absolute Gasteiger partial charge is 0.465 e. The molecule has 132 valence electrons. The third-order valence-corrected chi connectivity index (χ3v) is 6.60. The van der Waals surface area contributed by atoms with E-state index in [1.165, 1.54) is 49.7 Å². The first-order valence-corrected chi connectivity index (χ1v) is 9.84. The van der Waals surface area contributed by atoms with Gasteiger partial charge in [-0.15, -0.1) is 0 Å². The van der Waals surface area contributed by atoms with Gasteiger partial charge in [0.15, 0.2) is 6.29 Å². The Bertz CT molecular complexity index is 581. The number of hydrogen-bond acceptors (Lipinski definition) is 3. The number of rotatable bonds is 2. The summed E-state index contributed by atoms with van der Waals surface area (Å²) in [4.78, 5) is 0. The van der Waals surface area contributed by atoms with Crippen molar-refractivity contribution in [2.45, 2.75) is 82.5 Å². The van der Waals surface area contributed by atoms with E-state index in [4.69, 9.17) is 15.2 Å². The van der Waals surface area contributed by atoms with Gasteiger partial charge in [-0.3, -0.25) is 0 Å². The first kappa shape index (κ1) is 16.4. The molecule has 0 amide bonds. The van der Waals surface area contributed by atoms with Gasteiger partial charge in [0, 0.05) is 17.9 Å². The molecule has 4 atom stereocenters. The van der Waals surface area contributed by atoms with Crippen LogP contribution in [0, 0.1) is 5.92 Å². The van der Waals surface area contributed by atoms with Crippen molar-refractivity contribution in [2.24, 2.45) is 11.7 Å². The van der Waals surface area contributed by atoms with Crippen LogP contribution in [0.4, 0.5) is 0 Å². The zero-order chi connectivity index (χ0) is 16.6.